The van der Waals surface area contributed by atoms with Gasteiger partial charge in [0.05, 0.1) is 5.92 Å². The fourth-order valence-electron chi connectivity index (χ4n) is 3.99. The highest BCUT2D eigenvalue weighted by Crippen LogP contribution is 2.31. The normalized spacial score (nSPS) is 26.9. The predicted molar refractivity (Wildman–Crippen MR) is 105 cm³/mol. The molecule has 2 aliphatic rings. The van der Waals surface area contributed by atoms with Crippen LogP contribution in [-0.4, -0.2) is 35.8 Å². The second kappa shape index (κ2) is 9.38. The Hall–Kier alpha value is -1.59. The van der Waals surface area contributed by atoms with E-state index >= 15 is 0 Å². The molecule has 2 amide bonds. The zero-order chi connectivity index (χ0) is 17.8. The first-order valence-corrected chi connectivity index (χ1v) is 9.42. The molecule has 0 aromatic heterocycles. The van der Waals surface area contributed by atoms with Crippen molar-refractivity contribution in [3.63, 3.8) is 0 Å². The maximum Gasteiger partial charge on any atom is 0.225 e. The number of benzene rings is 1. The third-order valence-electron chi connectivity index (χ3n) is 5.68. The Morgan fingerprint density at radius 1 is 1.23 bits per heavy atom. The van der Waals surface area contributed by atoms with Gasteiger partial charge in [0.2, 0.25) is 11.8 Å². The average molecular weight is 380 g/mol. The molecule has 1 saturated carbocycles. The van der Waals surface area contributed by atoms with Crippen LogP contribution in [0.1, 0.15) is 50.6 Å². The van der Waals surface area contributed by atoms with Gasteiger partial charge in [0.15, 0.2) is 0 Å². The zero-order valence-corrected chi connectivity index (χ0v) is 16.2. The Balaban J connectivity index is 0.00000243. The Kier molecular flexibility index (Phi) is 7.47. The van der Waals surface area contributed by atoms with E-state index in [0.717, 1.165) is 24.3 Å². The number of carbonyl (C=O) groups excluding carboxylic acids is 2. The van der Waals surface area contributed by atoms with Gasteiger partial charge < -0.3 is 16.0 Å². The summed E-state index contributed by atoms with van der Waals surface area (Å²) in [5, 5.41) is 2.93. The van der Waals surface area contributed by atoms with E-state index in [1.165, 1.54) is 12.8 Å². The van der Waals surface area contributed by atoms with Crippen molar-refractivity contribution in [2.24, 2.45) is 17.6 Å². The Morgan fingerprint density at radius 3 is 2.54 bits per heavy atom. The highest BCUT2D eigenvalue weighted by Gasteiger charge is 2.38. The number of carbonyl (C=O) groups is 2. The summed E-state index contributed by atoms with van der Waals surface area (Å²) in [6, 6.07) is 9.85. The third-order valence-corrected chi connectivity index (χ3v) is 5.68. The first kappa shape index (κ1) is 20.7. The standard InChI is InChI=1S/C20H29N3O2.ClH/c1-14-7-9-17(10-8-14)23-13-16(11-19(23)24)20(25)22-12-18(21)15-5-3-2-4-6-15;/h2-6,14,16-18H,7-13,21H2,1H3,(H,22,25);1H. The molecule has 0 spiro atoms. The number of halogens is 1. The first-order chi connectivity index (χ1) is 12.0. The lowest BCUT2D eigenvalue weighted by Crippen LogP contribution is -2.41. The number of hydrogen-bond acceptors (Lipinski definition) is 3. The van der Waals surface area contributed by atoms with Crippen LogP contribution in [0.2, 0.25) is 0 Å². The molecule has 2 atom stereocenters. The smallest absolute Gasteiger partial charge is 0.225 e. The fraction of sp³-hybridized carbons (Fsp3) is 0.600. The van der Waals surface area contributed by atoms with Crippen LogP contribution in [0.25, 0.3) is 0 Å². The lowest BCUT2D eigenvalue weighted by Gasteiger charge is -2.33. The highest BCUT2D eigenvalue weighted by molar-refractivity contribution is 5.89. The van der Waals surface area contributed by atoms with Gasteiger partial charge in [-0.2, -0.15) is 0 Å². The molecular weight excluding hydrogens is 350 g/mol. The van der Waals surface area contributed by atoms with Crippen LogP contribution in [0.5, 0.6) is 0 Å². The molecular formula is C20H30ClN3O2. The van der Waals surface area contributed by atoms with Crippen LogP contribution in [-0.2, 0) is 9.59 Å². The monoisotopic (exact) mass is 379 g/mol. The zero-order valence-electron chi connectivity index (χ0n) is 15.4. The predicted octanol–water partition coefficient (Wildman–Crippen LogP) is 2.65. The minimum atomic E-state index is -0.241. The van der Waals surface area contributed by atoms with Crippen molar-refractivity contribution in [1.29, 1.82) is 0 Å². The van der Waals surface area contributed by atoms with Gasteiger partial charge in [-0.05, 0) is 37.2 Å². The molecule has 2 unspecified atom stereocenters. The molecule has 0 radical (unpaired) electrons. The van der Waals surface area contributed by atoms with Gasteiger partial charge >= 0.3 is 0 Å². The molecule has 6 heteroatoms. The van der Waals surface area contributed by atoms with E-state index in [1.54, 1.807) is 0 Å². The number of amides is 2. The fourth-order valence-corrected chi connectivity index (χ4v) is 3.99. The first-order valence-electron chi connectivity index (χ1n) is 9.42. The van der Waals surface area contributed by atoms with Crippen molar-refractivity contribution in [3.8, 4) is 0 Å². The average Bonchev–Trinajstić information content (AvgIpc) is 3.02. The summed E-state index contributed by atoms with van der Waals surface area (Å²) in [5.41, 5.74) is 7.14. The molecule has 2 fully saturated rings. The Bertz CT molecular complexity index is 602. The molecule has 1 heterocycles. The van der Waals surface area contributed by atoms with E-state index in [-0.39, 0.29) is 36.2 Å². The molecule has 3 N–H and O–H groups in total. The number of likely N-dealkylation sites (tertiary alicyclic amines) is 1. The third kappa shape index (κ3) is 4.98. The lowest BCUT2D eigenvalue weighted by atomic mass is 9.87. The molecule has 26 heavy (non-hydrogen) atoms. The molecule has 5 nitrogen and oxygen atoms in total. The van der Waals surface area contributed by atoms with E-state index in [0.29, 0.717) is 25.6 Å². The highest BCUT2D eigenvalue weighted by atomic mass is 35.5. The van der Waals surface area contributed by atoms with Gasteiger partial charge in [-0.1, -0.05) is 37.3 Å². The molecule has 0 bridgehead atoms. The maximum atomic E-state index is 12.5. The summed E-state index contributed by atoms with van der Waals surface area (Å²) in [7, 11) is 0. The number of hydrogen-bond donors (Lipinski definition) is 2. The summed E-state index contributed by atoms with van der Waals surface area (Å²) in [6.45, 7) is 3.23. The summed E-state index contributed by atoms with van der Waals surface area (Å²) in [6.07, 6.45) is 4.83. The van der Waals surface area contributed by atoms with Gasteiger partial charge in [-0.3, -0.25) is 9.59 Å². The van der Waals surface area contributed by atoms with Crippen molar-refractivity contribution < 1.29 is 9.59 Å². The molecule has 3 rings (SSSR count). The quantitative estimate of drug-likeness (QED) is 0.825. The minimum Gasteiger partial charge on any atom is -0.354 e. The van der Waals surface area contributed by atoms with Crippen LogP contribution in [0.15, 0.2) is 30.3 Å². The molecule has 1 aliphatic carbocycles. The van der Waals surface area contributed by atoms with Crippen molar-refractivity contribution in [3.05, 3.63) is 35.9 Å². The molecule has 1 aromatic rings. The summed E-state index contributed by atoms with van der Waals surface area (Å²) < 4.78 is 0. The topological polar surface area (TPSA) is 75.4 Å². The van der Waals surface area contributed by atoms with Gasteiger partial charge in [0.25, 0.3) is 0 Å². The van der Waals surface area contributed by atoms with Crippen molar-refractivity contribution in [2.45, 2.75) is 51.1 Å². The van der Waals surface area contributed by atoms with E-state index in [9.17, 15) is 9.59 Å². The van der Waals surface area contributed by atoms with Crippen LogP contribution in [0.3, 0.4) is 0 Å². The molecule has 1 aromatic carbocycles. The number of nitrogens with one attached hydrogen (secondary N) is 1. The van der Waals surface area contributed by atoms with Crippen molar-refractivity contribution in [2.75, 3.05) is 13.1 Å². The van der Waals surface area contributed by atoms with E-state index in [2.05, 4.69) is 12.2 Å². The van der Waals surface area contributed by atoms with Crippen molar-refractivity contribution >= 4 is 24.2 Å². The Morgan fingerprint density at radius 2 is 1.88 bits per heavy atom. The van der Waals surface area contributed by atoms with E-state index in [4.69, 9.17) is 5.73 Å². The van der Waals surface area contributed by atoms with Gasteiger partial charge in [-0.25, -0.2) is 0 Å². The van der Waals surface area contributed by atoms with Crippen LogP contribution in [0.4, 0.5) is 0 Å². The number of rotatable bonds is 5. The van der Waals surface area contributed by atoms with Crippen LogP contribution in [0, 0.1) is 11.8 Å². The number of nitrogens with zero attached hydrogens (tertiary/aromatic N) is 1. The molecule has 144 valence electrons. The molecule has 1 aliphatic heterocycles. The Labute approximate surface area is 162 Å². The maximum absolute atomic E-state index is 12.5. The summed E-state index contributed by atoms with van der Waals surface area (Å²) >= 11 is 0. The lowest BCUT2D eigenvalue weighted by molar-refractivity contribution is -0.130. The number of nitrogens with two attached hydrogens (primary N) is 1. The summed E-state index contributed by atoms with van der Waals surface area (Å²) in [5.74, 6) is 0.598. The van der Waals surface area contributed by atoms with E-state index in [1.807, 2.05) is 35.2 Å². The van der Waals surface area contributed by atoms with Gasteiger partial charge in [0, 0.05) is 31.6 Å². The van der Waals surface area contributed by atoms with Crippen LogP contribution >= 0.6 is 12.4 Å². The van der Waals surface area contributed by atoms with Crippen LogP contribution < -0.4 is 11.1 Å². The second-order valence-electron chi connectivity index (χ2n) is 7.62. The minimum absolute atomic E-state index is 0. The second-order valence-corrected chi connectivity index (χ2v) is 7.62. The van der Waals surface area contributed by atoms with Gasteiger partial charge in [0.1, 0.15) is 0 Å². The van der Waals surface area contributed by atoms with E-state index < -0.39 is 0 Å². The molecule has 1 saturated heterocycles. The summed E-state index contributed by atoms with van der Waals surface area (Å²) in [4.78, 5) is 26.8. The SMILES string of the molecule is CC1CCC(N2CC(C(=O)NCC(N)c3ccccc3)CC2=O)CC1.Cl. The van der Waals surface area contributed by atoms with Crippen molar-refractivity contribution in [1.82, 2.24) is 10.2 Å². The van der Waals surface area contributed by atoms with Gasteiger partial charge in [-0.15, -0.1) is 12.4 Å². The largest absolute Gasteiger partial charge is 0.354 e.